The van der Waals surface area contributed by atoms with Gasteiger partial charge in [0.05, 0.1) is 19.8 Å². The van der Waals surface area contributed by atoms with Crippen molar-refractivity contribution in [1.29, 1.82) is 0 Å². The fourth-order valence-corrected chi connectivity index (χ4v) is 1.72. The smallest absolute Gasteiger partial charge is 0.0717 e. The standard InChI is InChI=1S/C15H25NO2/c1-3-14(11-16-9-10-17-2)12-18-13-15-7-5-4-6-8-15/h4-8,14,16H,3,9-13H2,1-2H3. The Hall–Kier alpha value is -0.900. The first-order valence-corrected chi connectivity index (χ1v) is 6.68. The van der Waals surface area contributed by atoms with Crippen LogP contribution in [0, 0.1) is 5.92 Å². The summed E-state index contributed by atoms with van der Waals surface area (Å²) in [5.74, 6) is 0.575. The Kier molecular flexibility index (Phi) is 8.47. The summed E-state index contributed by atoms with van der Waals surface area (Å²) in [6, 6.07) is 10.3. The summed E-state index contributed by atoms with van der Waals surface area (Å²) < 4.78 is 10.8. The van der Waals surface area contributed by atoms with Gasteiger partial charge in [-0.2, -0.15) is 0 Å². The number of benzene rings is 1. The van der Waals surface area contributed by atoms with Gasteiger partial charge in [-0.15, -0.1) is 0 Å². The Labute approximate surface area is 110 Å². The SMILES string of the molecule is CCC(CNCCOC)COCc1ccccc1. The minimum absolute atomic E-state index is 0.575. The van der Waals surface area contributed by atoms with Crippen LogP contribution in [0.2, 0.25) is 0 Å². The van der Waals surface area contributed by atoms with Crippen molar-refractivity contribution in [2.24, 2.45) is 5.92 Å². The molecule has 1 N–H and O–H groups in total. The van der Waals surface area contributed by atoms with Gasteiger partial charge in [-0.3, -0.25) is 0 Å². The van der Waals surface area contributed by atoms with Crippen molar-refractivity contribution in [3.8, 4) is 0 Å². The molecule has 0 aromatic heterocycles. The van der Waals surface area contributed by atoms with Crippen molar-refractivity contribution < 1.29 is 9.47 Å². The Morgan fingerprint density at radius 2 is 2.00 bits per heavy atom. The van der Waals surface area contributed by atoms with E-state index in [0.717, 1.165) is 32.7 Å². The molecule has 1 unspecified atom stereocenters. The van der Waals surface area contributed by atoms with Crippen LogP contribution >= 0.6 is 0 Å². The molecule has 0 saturated heterocycles. The van der Waals surface area contributed by atoms with Crippen LogP contribution in [0.25, 0.3) is 0 Å². The van der Waals surface area contributed by atoms with Crippen LogP contribution in [0.1, 0.15) is 18.9 Å². The first-order valence-electron chi connectivity index (χ1n) is 6.68. The summed E-state index contributed by atoms with van der Waals surface area (Å²) in [5, 5.41) is 3.38. The van der Waals surface area contributed by atoms with Gasteiger partial charge in [-0.05, 0) is 17.9 Å². The number of rotatable bonds is 10. The van der Waals surface area contributed by atoms with Crippen LogP contribution in [0.5, 0.6) is 0 Å². The minimum atomic E-state index is 0.575. The normalized spacial score (nSPS) is 12.6. The van der Waals surface area contributed by atoms with Crippen LogP contribution in [-0.2, 0) is 16.1 Å². The molecule has 0 aliphatic rings. The van der Waals surface area contributed by atoms with Crippen molar-refractivity contribution in [3.05, 3.63) is 35.9 Å². The number of nitrogens with one attached hydrogen (secondary N) is 1. The van der Waals surface area contributed by atoms with Gasteiger partial charge in [0, 0.05) is 20.2 Å². The van der Waals surface area contributed by atoms with E-state index in [4.69, 9.17) is 9.47 Å². The lowest BCUT2D eigenvalue weighted by Gasteiger charge is -2.16. The molecule has 0 fully saturated rings. The third-order valence-corrected chi connectivity index (χ3v) is 2.96. The van der Waals surface area contributed by atoms with Gasteiger partial charge < -0.3 is 14.8 Å². The lowest BCUT2D eigenvalue weighted by molar-refractivity contribution is 0.0844. The van der Waals surface area contributed by atoms with Gasteiger partial charge in [0.2, 0.25) is 0 Å². The largest absolute Gasteiger partial charge is 0.383 e. The molecule has 1 atom stereocenters. The maximum atomic E-state index is 5.76. The Balaban J connectivity index is 2.11. The van der Waals surface area contributed by atoms with E-state index in [-0.39, 0.29) is 0 Å². The molecule has 1 aromatic rings. The number of ether oxygens (including phenoxy) is 2. The van der Waals surface area contributed by atoms with Gasteiger partial charge in [0.25, 0.3) is 0 Å². The molecule has 1 rings (SSSR count). The average molecular weight is 251 g/mol. The zero-order valence-electron chi connectivity index (χ0n) is 11.5. The summed E-state index contributed by atoms with van der Waals surface area (Å²) in [6.45, 7) is 6.39. The van der Waals surface area contributed by atoms with Crippen molar-refractivity contribution >= 4 is 0 Å². The van der Waals surface area contributed by atoms with Crippen LogP contribution in [0.4, 0.5) is 0 Å². The number of hydrogen-bond donors (Lipinski definition) is 1. The second-order valence-electron chi connectivity index (χ2n) is 4.47. The quantitative estimate of drug-likeness (QED) is 0.648. The lowest BCUT2D eigenvalue weighted by Crippen LogP contribution is -2.28. The predicted molar refractivity (Wildman–Crippen MR) is 74.6 cm³/mol. The maximum absolute atomic E-state index is 5.76. The molecular formula is C15H25NO2. The monoisotopic (exact) mass is 251 g/mol. The highest BCUT2D eigenvalue weighted by Crippen LogP contribution is 2.05. The summed E-state index contributed by atoms with van der Waals surface area (Å²) in [7, 11) is 1.72. The van der Waals surface area contributed by atoms with Crippen LogP contribution in [-0.4, -0.2) is 33.4 Å². The van der Waals surface area contributed by atoms with Gasteiger partial charge in [0.1, 0.15) is 0 Å². The summed E-state index contributed by atoms with van der Waals surface area (Å²) in [6.07, 6.45) is 1.13. The molecule has 0 spiro atoms. The van der Waals surface area contributed by atoms with E-state index in [2.05, 4.69) is 24.4 Å². The number of hydrogen-bond acceptors (Lipinski definition) is 3. The molecule has 0 bridgehead atoms. The topological polar surface area (TPSA) is 30.5 Å². The molecule has 3 heteroatoms. The lowest BCUT2D eigenvalue weighted by atomic mass is 10.1. The zero-order chi connectivity index (χ0) is 13.1. The summed E-state index contributed by atoms with van der Waals surface area (Å²) in [4.78, 5) is 0. The zero-order valence-corrected chi connectivity index (χ0v) is 11.5. The summed E-state index contributed by atoms with van der Waals surface area (Å²) >= 11 is 0. The van der Waals surface area contributed by atoms with Gasteiger partial charge in [-0.25, -0.2) is 0 Å². The Morgan fingerprint density at radius 3 is 2.67 bits per heavy atom. The molecule has 0 amide bonds. The van der Waals surface area contributed by atoms with Crippen LogP contribution in [0.15, 0.2) is 30.3 Å². The average Bonchev–Trinajstić information content (AvgIpc) is 2.42. The molecular weight excluding hydrogens is 226 g/mol. The molecule has 0 saturated carbocycles. The van der Waals surface area contributed by atoms with Crippen LogP contribution < -0.4 is 5.32 Å². The van der Waals surface area contributed by atoms with Crippen LogP contribution in [0.3, 0.4) is 0 Å². The van der Waals surface area contributed by atoms with E-state index >= 15 is 0 Å². The highest BCUT2D eigenvalue weighted by molar-refractivity contribution is 5.13. The second-order valence-corrected chi connectivity index (χ2v) is 4.47. The Bertz CT molecular complexity index is 290. The number of methoxy groups -OCH3 is 1. The molecule has 0 heterocycles. The van der Waals surface area contributed by atoms with Gasteiger partial charge in [0.15, 0.2) is 0 Å². The van der Waals surface area contributed by atoms with Crippen molar-refractivity contribution in [3.63, 3.8) is 0 Å². The van der Waals surface area contributed by atoms with E-state index in [9.17, 15) is 0 Å². The van der Waals surface area contributed by atoms with Crippen molar-refractivity contribution in [1.82, 2.24) is 5.32 Å². The summed E-state index contributed by atoms with van der Waals surface area (Å²) in [5.41, 5.74) is 1.24. The first-order chi connectivity index (χ1) is 8.86. The molecule has 0 aliphatic heterocycles. The fourth-order valence-electron chi connectivity index (χ4n) is 1.72. The molecule has 1 aromatic carbocycles. The maximum Gasteiger partial charge on any atom is 0.0717 e. The van der Waals surface area contributed by atoms with Gasteiger partial charge >= 0.3 is 0 Å². The molecule has 0 aliphatic carbocycles. The highest BCUT2D eigenvalue weighted by atomic mass is 16.5. The van der Waals surface area contributed by atoms with E-state index < -0.39 is 0 Å². The van der Waals surface area contributed by atoms with Crippen molar-refractivity contribution in [2.45, 2.75) is 20.0 Å². The molecule has 3 nitrogen and oxygen atoms in total. The van der Waals surface area contributed by atoms with E-state index in [1.54, 1.807) is 7.11 Å². The van der Waals surface area contributed by atoms with E-state index in [1.165, 1.54) is 5.56 Å². The Morgan fingerprint density at radius 1 is 1.22 bits per heavy atom. The minimum Gasteiger partial charge on any atom is -0.383 e. The predicted octanol–water partition coefficient (Wildman–Crippen LogP) is 2.47. The molecule has 0 radical (unpaired) electrons. The molecule has 102 valence electrons. The highest BCUT2D eigenvalue weighted by Gasteiger charge is 2.05. The fraction of sp³-hybridized carbons (Fsp3) is 0.600. The third kappa shape index (κ3) is 6.74. The van der Waals surface area contributed by atoms with Gasteiger partial charge in [-0.1, -0.05) is 37.3 Å². The van der Waals surface area contributed by atoms with E-state index in [0.29, 0.717) is 12.5 Å². The second kappa shape index (κ2) is 10.1. The third-order valence-electron chi connectivity index (χ3n) is 2.96. The van der Waals surface area contributed by atoms with Crippen molar-refractivity contribution in [2.75, 3.05) is 33.4 Å². The first kappa shape index (κ1) is 15.2. The molecule has 18 heavy (non-hydrogen) atoms. The van der Waals surface area contributed by atoms with E-state index in [1.807, 2.05) is 18.2 Å².